The molecule has 2 aromatic rings. The molecule has 0 aliphatic carbocycles. The van der Waals surface area contributed by atoms with Crippen LogP contribution in [0, 0.1) is 0 Å². The van der Waals surface area contributed by atoms with Crippen molar-refractivity contribution in [2.45, 2.75) is 18.8 Å². The van der Waals surface area contributed by atoms with Crippen molar-refractivity contribution in [1.82, 2.24) is 14.3 Å². The van der Waals surface area contributed by atoms with Crippen LogP contribution in [0.1, 0.15) is 34.9 Å². The summed E-state index contributed by atoms with van der Waals surface area (Å²) < 4.78 is 2.01. The number of rotatable bonds is 2. The van der Waals surface area contributed by atoms with Crippen molar-refractivity contribution in [3.63, 3.8) is 0 Å². The highest BCUT2D eigenvalue weighted by atomic mass is 16.4. The van der Waals surface area contributed by atoms with Gasteiger partial charge in [0.05, 0.1) is 17.3 Å². The van der Waals surface area contributed by atoms with E-state index in [1.165, 1.54) is 6.42 Å². The monoisotopic (exact) mass is 259 g/mol. The molecule has 1 fully saturated rings. The predicted molar refractivity (Wildman–Crippen MR) is 71.6 cm³/mol. The third-order valence-corrected chi connectivity index (χ3v) is 3.80. The Morgan fingerprint density at radius 3 is 3.11 bits per heavy atom. The molecule has 1 N–H and O–H groups in total. The highest BCUT2D eigenvalue weighted by Gasteiger charge is 2.22. The molecule has 1 saturated heterocycles. The zero-order chi connectivity index (χ0) is 13.4. The van der Waals surface area contributed by atoms with Crippen LogP contribution in [0.25, 0.3) is 5.52 Å². The molecule has 100 valence electrons. The van der Waals surface area contributed by atoms with Crippen LogP contribution in [-0.4, -0.2) is 45.5 Å². The molecular weight excluding hydrogens is 242 g/mol. The second-order valence-corrected chi connectivity index (χ2v) is 5.23. The number of nitrogens with zero attached hydrogens (tertiary/aromatic N) is 3. The van der Waals surface area contributed by atoms with Crippen molar-refractivity contribution in [2.24, 2.45) is 0 Å². The van der Waals surface area contributed by atoms with Crippen LogP contribution >= 0.6 is 0 Å². The van der Waals surface area contributed by atoms with E-state index in [0.717, 1.165) is 30.9 Å². The lowest BCUT2D eigenvalue weighted by Gasteiger charge is -2.28. The van der Waals surface area contributed by atoms with Crippen LogP contribution in [0.5, 0.6) is 0 Å². The Labute approximate surface area is 111 Å². The number of imidazole rings is 1. The molecule has 0 saturated carbocycles. The molecule has 3 rings (SSSR count). The van der Waals surface area contributed by atoms with Gasteiger partial charge in [-0.1, -0.05) is 0 Å². The van der Waals surface area contributed by atoms with Crippen molar-refractivity contribution in [1.29, 1.82) is 0 Å². The lowest BCUT2D eigenvalue weighted by molar-refractivity contribution is 0.0697. The molecule has 0 amide bonds. The van der Waals surface area contributed by atoms with Gasteiger partial charge in [0.15, 0.2) is 0 Å². The Kier molecular flexibility index (Phi) is 2.98. The van der Waals surface area contributed by atoms with Crippen molar-refractivity contribution < 1.29 is 9.90 Å². The number of likely N-dealkylation sites (N-methyl/N-ethyl adjacent to an activating group) is 1. The first-order valence-electron chi connectivity index (χ1n) is 6.54. The molecule has 1 aliphatic heterocycles. The quantitative estimate of drug-likeness (QED) is 0.894. The number of carbonyl (C=O) groups is 1. The van der Waals surface area contributed by atoms with Gasteiger partial charge < -0.3 is 14.4 Å². The number of aromatic carboxylic acids is 1. The van der Waals surface area contributed by atoms with E-state index < -0.39 is 5.97 Å². The van der Waals surface area contributed by atoms with Gasteiger partial charge in [0.1, 0.15) is 5.82 Å². The van der Waals surface area contributed by atoms with E-state index in [-0.39, 0.29) is 0 Å². The fourth-order valence-electron chi connectivity index (χ4n) is 2.83. The first-order valence-corrected chi connectivity index (χ1v) is 6.54. The van der Waals surface area contributed by atoms with E-state index in [2.05, 4.69) is 16.9 Å². The average molecular weight is 259 g/mol. The summed E-state index contributed by atoms with van der Waals surface area (Å²) in [6, 6.07) is 3.30. The van der Waals surface area contributed by atoms with Gasteiger partial charge in [0, 0.05) is 18.7 Å². The minimum absolute atomic E-state index is 0.305. The highest BCUT2D eigenvalue weighted by Crippen LogP contribution is 2.26. The molecule has 0 radical (unpaired) electrons. The van der Waals surface area contributed by atoms with Crippen LogP contribution in [0.4, 0.5) is 0 Å². The minimum Gasteiger partial charge on any atom is -0.478 e. The van der Waals surface area contributed by atoms with Gasteiger partial charge >= 0.3 is 5.97 Å². The molecule has 5 nitrogen and oxygen atoms in total. The molecule has 2 aromatic heterocycles. The lowest BCUT2D eigenvalue weighted by atomic mass is 9.98. The number of likely N-dealkylation sites (tertiary alicyclic amines) is 1. The Morgan fingerprint density at radius 2 is 2.37 bits per heavy atom. The SMILES string of the molecule is CN1CCCC(c2ncc3cc(C(=O)O)ccn23)C1. The molecule has 5 heteroatoms. The van der Waals surface area contributed by atoms with E-state index >= 15 is 0 Å². The summed E-state index contributed by atoms with van der Waals surface area (Å²) >= 11 is 0. The molecule has 3 heterocycles. The second-order valence-electron chi connectivity index (χ2n) is 5.23. The van der Waals surface area contributed by atoms with E-state index in [4.69, 9.17) is 5.11 Å². The number of hydrogen-bond donors (Lipinski definition) is 1. The van der Waals surface area contributed by atoms with Crippen LogP contribution in [0.3, 0.4) is 0 Å². The molecule has 0 bridgehead atoms. The van der Waals surface area contributed by atoms with Crippen molar-refractivity contribution in [3.05, 3.63) is 35.9 Å². The summed E-state index contributed by atoms with van der Waals surface area (Å²) in [5.41, 5.74) is 1.16. The smallest absolute Gasteiger partial charge is 0.335 e. The molecule has 1 aliphatic rings. The van der Waals surface area contributed by atoms with Gasteiger partial charge in [0.2, 0.25) is 0 Å². The summed E-state index contributed by atoms with van der Waals surface area (Å²) in [6.45, 7) is 2.16. The largest absolute Gasteiger partial charge is 0.478 e. The number of hydrogen-bond acceptors (Lipinski definition) is 3. The van der Waals surface area contributed by atoms with Gasteiger partial charge in [-0.2, -0.15) is 0 Å². The maximum Gasteiger partial charge on any atom is 0.335 e. The zero-order valence-electron chi connectivity index (χ0n) is 10.9. The summed E-state index contributed by atoms with van der Waals surface area (Å²) in [6.07, 6.45) is 5.90. The summed E-state index contributed by atoms with van der Waals surface area (Å²) in [4.78, 5) is 17.8. The Bertz CT molecular complexity index is 620. The number of fused-ring (bicyclic) bond motifs is 1. The standard InChI is InChI=1S/C14H17N3O2/c1-16-5-2-3-11(9-16)13-15-8-12-7-10(14(18)19)4-6-17(12)13/h4,6-8,11H,2-3,5,9H2,1H3,(H,18,19). The maximum absolute atomic E-state index is 11.0. The van der Waals surface area contributed by atoms with Crippen molar-refractivity contribution >= 4 is 11.5 Å². The number of piperidine rings is 1. The first kappa shape index (κ1) is 12.2. The summed E-state index contributed by atoms with van der Waals surface area (Å²) in [7, 11) is 2.13. The fourth-order valence-corrected chi connectivity index (χ4v) is 2.83. The van der Waals surface area contributed by atoms with E-state index in [9.17, 15) is 4.79 Å². The van der Waals surface area contributed by atoms with Gasteiger partial charge in [0.25, 0.3) is 0 Å². The normalized spacial score (nSPS) is 20.8. The van der Waals surface area contributed by atoms with Gasteiger partial charge in [-0.3, -0.25) is 0 Å². The number of carboxylic acid groups (broad SMARTS) is 1. The van der Waals surface area contributed by atoms with Gasteiger partial charge in [-0.25, -0.2) is 9.78 Å². The number of aromatic nitrogens is 2. The van der Waals surface area contributed by atoms with Crippen LogP contribution in [0.15, 0.2) is 24.5 Å². The van der Waals surface area contributed by atoms with E-state index in [1.54, 1.807) is 18.3 Å². The van der Waals surface area contributed by atoms with Crippen LogP contribution < -0.4 is 0 Å². The third-order valence-electron chi connectivity index (χ3n) is 3.80. The van der Waals surface area contributed by atoms with Crippen molar-refractivity contribution in [3.8, 4) is 0 Å². The zero-order valence-corrected chi connectivity index (χ0v) is 10.9. The number of carboxylic acids is 1. The first-order chi connectivity index (χ1) is 9.15. The van der Waals surface area contributed by atoms with Crippen LogP contribution in [0.2, 0.25) is 0 Å². The fraction of sp³-hybridized carbons (Fsp3) is 0.429. The third kappa shape index (κ3) is 2.21. The van der Waals surface area contributed by atoms with Crippen LogP contribution in [-0.2, 0) is 0 Å². The van der Waals surface area contributed by atoms with Gasteiger partial charge in [-0.05, 0) is 38.6 Å². The van der Waals surface area contributed by atoms with E-state index in [0.29, 0.717) is 11.5 Å². The topological polar surface area (TPSA) is 57.8 Å². The molecule has 19 heavy (non-hydrogen) atoms. The Hall–Kier alpha value is -1.88. The van der Waals surface area contributed by atoms with E-state index in [1.807, 2.05) is 10.6 Å². The Balaban J connectivity index is 1.98. The van der Waals surface area contributed by atoms with Gasteiger partial charge in [-0.15, -0.1) is 0 Å². The Morgan fingerprint density at radius 1 is 1.53 bits per heavy atom. The van der Waals surface area contributed by atoms with Crippen molar-refractivity contribution in [2.75, 3.05) is 20.1 Å². The average Bonchev–Trinajstić information content (AvgIpc) is 2.81. The second kappa shape index (κ2) is 4.66. The highest BCUT2D eigenvalue weighted by molar-refractivity contribution is 5.88. The molecule has 0 aromatic carbocycles. The molecule has 1 atom stereocenters. The maximum atomic E-state index is 11.0. The lowest BCUT2D eigenvalue weighted by Crippen LogP contribution is -2.31. The predicted octanol–water partition coefficient (Wildman–Crippen LogP) is 1.84. The molecular formula is C14H17N3O2. The number of pyridine rings is 1. The molecule has 0 spiro atoms. The molecule has 1 unspecified atom stereocenters. The minimum atomic E-state index is -0.900. The summed E-state index contributed by atoms with van der Waals surface area (Å²) in [5.74, 6) is 0.568. The summed E-state index contributed by atoms with van der Waals surface area (Å²) in [5, 5.41) is 9.00.